The summed E-state index contributed by atoms with van der Waals surface area (Å²) >= 11 is 0. The van der Waals surface area contributed by atoms with E-state index in [0.29, 0.717) is 25.3 Å². The lowest BCUT2D eigenvalue weighted by Gasteiger charge is -2.17. The Morgan fingerprint density at radius 1 is 0.929 bits per heavy atom. The third-order valence-corrected chi connectivity index (χ3v) is 4.39. The van der Waals surface area contributed by atoms with E-state index in [0.717, 1.165) is 16.9 Å². The maximum absolute atomic E-state index is 12.4. The average molecular weight is 379 g/mol. The second kappa shape index (κ2) is 9.65. The first-order chi connectivity index (χ1) is 13.7. The van der Waals surface area contributed by atoms with Crippen molar-refractivity contribution in [1.29, 1.82) is 0 Å². The molecule has 0 saturated carbocycles. The van der Waals surface area contributed by atoms with E-state index < -0.39 is 6.10 Å². The highest BCUT2D eigenvalue weighted by molar-refractivity contribution is 5.83. The summed E-state index contributed by atoms with van der Waals surface area (Å²) < 4.78 is 16.7. The summed E-state index contributed by atoms with van der Waals surface area (Å²) in [5, 5.41) is 5.17. The number of fused-ring (bicyclic) bond motifs is 1. The first-order valence-electron chi connectivity index (χ1n) is 9.39. The van der Waals surface area contributed by atoms with Gasteiger partial charge < -0.3 is 19.5 Å². The summed E-state index contributed by atoms with van der Waals surface area (Å²) in [6.45, 7) is 2.72. The number of hydrogen-bond donors (Lipinski definition) is 1. The lowest BCUT2D eigenvalue weighted by molar-refractivity contribution is -0.128. The van der Waals surface area contributed by atoms with Gasteiger partial charge in [-0.2, -0.15) is 0 Å². The minimum absolute atomic E-state index is 0.152. The minimum Gasteiger partial charge on any atom is -0.497 e. The molecule has 0 aromatic heterocycles. The molecule has 146 valence electrons. The Kier molecular flexibility index (Phi) is 6.73. The van der Waals surface area contributed by atoms with Crippen molar-refractivity contribution >= 4 is 16.7 Å². The summed E-state index contributed by atoms with van der Waals surface area (Å²) in [6.07, 6.45) is 0.0256. The molecule has 1 atom stereocenters. The van der Waals surface area contributed by atoms with E-state index in [1.165, 1.54) is 5.39 Å². The van der Waals surface area contributed by atoms with Gasteiger partial charge in [-0.05, 0) is 53.6 Å². The highest BCUT2D eigenvalue weighted by Gasteiger charge is 2.17. The zero-order chi connectivity index (χ0) is 19.8. The molecule has 0 radical (unpaired) electrons. The molecular formula is C23H25NO4. The molecule has 0 saturated heterocycles. The Hall–Kier alpha value is -3.21. The van der Waals surface area contributed by atoms with Crippen molar-refractivity contribution in [2.75, 3.05) is 20.3 Å². The monoisotopic (exact) mass is 379 g/mol. The van der Waals surface area contributed by atoms with Crippen molar-refractivity contribution in [2.45, 2.75) is 19.4 Å². The van der Waals surface area contributed by atoms with Crippen molar-refractivity contribution in [3.63, 3.8) is 0 Å². The first kappa shape index (κ1) is 19.5. The van der Waals surface area contributed by atoms with Gasteiger partial charge in [0.15, 0.2) is 6.10 Å². The minimum atomic E-state index is -0.547. The van der Waals surface area contributed by atoms with E-state index in [-0.39, 0.29) is 5.91 Å². The SMILES string of the molecule is CC[C@H](Oc1ccc(OC)cc1)C(=O)NCCOc1ccc2ccccc2c1. The van der Waals surface area contributed by atoms with Gasteiger partial charge in [-0.3, -0.25) is 4.79 Å². The van der Waals surface area contributed by atoms with Crippen LogP contribution in [0.1, 0.15) is 13.3 Å². The van der Waals surface area contributed by atoms with Gasteiger partial charge in [0, 0.05) is 0 Å². The van der Waals surface area contributed by atoms with Gasteiger partial charge in [-0.15, -0.1) is 0 Å². The lowest BCUT2D eigenvalue weighted by Crippen LogP contribution is -2.39. The van der Waals surface area contributed by atoms with Crippen molar-refractivity contribution in [2.24, 2.45) is 0 Å². The van der Waals surface area contributed by atoms with E-state index >= 15 is 0 Å². The molecule has 5 heteroatoms. The van der Waals surface area contributed by atoms with Crippen molar-refractivity contribution in [3.8, 4) is 17.2 Å². The quantitative estimate of drug-likeness (QED) is 0.566. The third-order valence-electron chi connectivity index (χ3n) is 4.39. The largest absolute Gasteiger partial charge is 0.497 e. The molecule has 1 amide bonds. The standard InChI is InChI=1S/C23H25NO4/c1-3-22(28-20-12-10-19(26-2)11-13-20)23(25)24-14-15-27-21-9-8-17-6-4-5-7-18(17)16-21/h4-13,16,22H,3,14-15H2,1-2H3,(H,24,25)/t22-/m0/s1. The van der Waals surface area contributed by atoms with Gasteiger partial charge in [-0.1, -0.05) is 37.3 Å². The Morgan fingerprint density at radius 2 is 1.61 bits per heavy atom. The molecule has 0 spiro atoms. The van der Waals surface area contributed by atoms with Gasteiger partial charge >= 0.3 is 0 Å². The van der Waals surface area contributed by atoms with Crippen LogP contribution in [0, 0.1) is 0 Å². The summed E-state index contributed by atoms with van der Waals surface area (Å²) in [6, 6.07) is 21.3. The number of benzene rings is 3. The van der Waals surface area contributed by atoms with Crippen LogP contribution in [0.5, 0.6) is 17.2 Å². The van der Waals surface area contributed by atoms with E-state index in [1.54, 1.807) is 31.4 Å². The molecule has 3 rings (SSSR count). The maximum Gasteiger partial charge on any atom is 0.261 e. The molecule has 3 aromatic carbocycles. The molecule has 0 bridgehead atoms. The second-order valence-electron chi connectivity index (χ2n) is 6.34. The molecule has 0 heterocycles. The van der Waals surface area contributed by atoms with Crippen molar-refractivity contribution < 1.29 is 19.0 Å². The zero-order valence-electron chi connectivity index (χ0n) is 16.2. The smallest absolute Gasteiger partial charge is 0.261 e. The molecule has 3 aromatic rings. The van der Waals surface area contributed by atoms with Crippen LogP contribution in [-0.2, 0) is 4.79 Å². The van der Waals surface area contributed by atoms with Crippen LogP contribution in [0.2, 0.25) is 0 Å². The van der Waals surface area contributed by atoms with Crippen molar-refractivity contribution in [3.05, 3.63) is 66.7 Å². The molecule has 0 aliphatic carbocycles. The predicted octanol–water partition coefficient (Wildman–Crippen LogP) is 4.20. The van der Waals surface area contributed by atoms with Crippen LogP contribution in [-0.4, -0.2) is 32.3 Å². The summed E-state index contributed by atoms with van der Waals surface area (Å²) in [5.74, 6) is 2.01. The molecular weight excluding hydrogens is 354 g/mol. The van der Waals surface area contributed by atoms with Crippen LogP contribution in [0.25, 0.3) is 10.8 Å². The number of rotatable bonds is 9. The van der Waals surface area contributed by atoms with E-state index in [1.807, 2.05) is 43.3 Å². The second-order valence-corrected chi connectivity index (χ2v) is 6.34. The Labute approximate surface area is 165 Å². The van der Waals surface area contributed by atoms with Gasteiger partial charge in [0.05, 0.1) is 13.7 Å². The number of nitrogens with one attached hydrogen (secondary N) is 1. The Morgan fingerprint density at radius 3 is 2.32 bits per heavy atom. The number of amides is 1. The van der Waals surface area contributed by atoms with E-state index in [9.17, 15) is 4.79 Å². The van der Waals surface area contributed by atoms with Crippen LogP contribution >= 0.6 is 0 Å². The fourth-order valence-corrected chi connectivity index (χ4v) is 2.85. The maximum atomic E-state index is 12.4. The number of ether oxygens (including phenoxy) is 3. The van der Waals surface area contributed by atoms with Gasteiger partial charge in [-0.25, -0.2) is 0 Å². The lowest BCUT2D eigenvalue weighted by atomic mass is 10.1. The molecule has 0 unspecified atom stereocenters. The summed E-state index contributed by atoms with van der Waals surface area (Å²) in [5.41, 5.74) is 0. The fourth-order valence-electron chi connectivity index (χ4n) is 2.85. The van der Waals surface area contributed by atoms with Gasteiger partial charge in [0.2, 0.25) is 0 Å². The van der Waals surface area contributed by atoms with E-state index in [2.05, 4.69) is 11.4 Å². The summed E-state index contributed by atoms with van der Waals surface area (Å²) in [7, 11) is 1.61. The Bertz CT molecular complexity index is 908. The van der Waals surface area contributed by atoms with Gasteiger partial charge in [0.1, 0.15) is 23.9 Å². The predicted molar refractivity (Wildman–Crippen MR) is 110 cm³/mol. The molecule has 0 aliphatic heterocycles. The topological polar surface area (TPSA) is 56.8 Å². The van der Waals surface area contributed by atoms with Crippen molar-refractivity contribution in [1.82, 2.24) is 5.32 Å². The number of carbonyl (C=O) groups is 1. The van der Waals surface area contributed by atoms with Gasteiger partial charge in [0.25, 0.3) is 5.91 Å². The van der Waals surface area contributed by atoms with Crippen LogP contribution in [0.3, 0.4) is 0 Å². The summed E-state index contributed by atoms with van der Waals surface area (Å²) in [4.78, 5) is 12.4. The molecule has 1 N–H and O–H groups in total. The molecule has 28 heavy (non-hydrogen) atoms. The third kappa shape index (κ3) is 5.16. The Balaban J connectivity index is 1.46. The first-order valence-corrected chi connectivity index (χ1v) is 9.39. The number of methoxy groups -OCH3 is 1. The van der Waals surface area contributed by atoms with E-state index in [4.69, 9.17) is 14.2 Å². The highest BCUT2D eigenvalue weighted by Crippen LogP contribution is 2.21. The fraction of sp³-hybridized carbons (Fsp3) is 0.261. The number of carbonyl (C=O) groups excluding carboxylic acids is 1. The highest BCUT2D eigenvalue weighted by atomic mass is 16.5. The molecule has 0 aliphatic rings. The van der Waals surface area contributed by atoms with Crippen LogP contribution in [0.4, 0.5) is 0 Å². The van der Waals surface area contributed by atoms with Crippen LogP contribution in [0.15, 0.2) is 66.7 Å². The zero-order valence-corrected chi connectivity index (χ0v) is 16.2. The average Bonchev–Trinajstić information content (AvgIpc) is 2.75. The van der Waals surface area contributed by atoms with Crippen LogP contribution < -0.4 is 19.5 Å². The molecule has 5 nitrogen and oxygen atoms in total. The number of hydrogen-bond acceptors (Lipinski definition) is 4. The normalized spacial score (nSPS) is 11.6. The molecule has 0 fully saturated rings.